The number of benzene rings is 2. The van der Waals surface area contributed by atoms with Gasteiger partial charge in [-0.1, -0.05) is 12.1 Å². The van der Waals surface area contributed by atoms with E-state index < -0.39 is 22.8 Å². The Morgan fingerprint density at radius 1 is 1.28 bits per heavy atom. The summed E-state index contributed by atoms with van der Waals surface area (Å²) in [6.07, 6.45) is 1.24. The normalized spacial score (nSPS) is 15.9. The molecule has 1 atom stereocenters. The van der Waals surface area contributed by atoms with Crippen LogP contribution in [0.15, 0.2) is 47.4 Å². The van der Waals surface area contributed by atoms with Gasteiger partial charge in [0.1, 0.15) is 22.5 Å². The van der Waals surface area contributed by atoms with Crippen molar-refractivity contribution in [1.82, 2.24) is 9.58 Å². The van der Waals surface area contributed by atoms with E-state index in [2.05, 4.69) is 5.43 Å². The molecular formula is C22H20FN3O5S. The lowest BCUT2D eigenvalue weighted by Crippen LogP contribution is -2.34. The highest BCUT2D eigenvalue weighted by Gasteiger charge is 2.34. The highest BCUT2D eigenvalue weighted by Crippen LogP contribution is 2.39. The zero-order chi connectivity index (χ0) is 23.0. The van der Waals surface area contributed by atoms with Crippen LogP contribution in [-0.2, 0) is 11.3 Å². The van der Waals surface area contributed by atoms with Gasteiger partial charge in [-0.15, -0.1) is 11.8 Å². The average Bonchev–Trinajstić information content (AvgIpc) is 3.15. The number of nitrogens with zero attached hydrogens (tertiary/aromatic N) is 2. The van der Waals surface area contributed by atoms with Crippen LogP contribution in [0.3, 0.4) is 0 Å². The molecule has 1 aliphatic heterocycles. The number of hydrazine groups is 1. The second-order valence-corrected chi connectivity index (χ2v) is 8.19. The lowest BCUT2D eigenvalue weighted by atomic mass is 10.1. The summed E-state index contributed by atoms with van der Waals surface area (Å²) < 4.78 is 21.7. The number of carbonyl (C=O) groups is 2. The fourth-order valence-corrected chi connectivity index (χ4v) is 4.71. The lowest BCUT2D eigenvalue weighted by Gasteiger charge is -2.26. The number of nitrogens with one attached hydrogen (secondary N) is 1. The van der Waals surface area contributed by atoms with Crippen LogP contribution in [0, 0.1) is 5.82 Å². The quantitative estimate of drug-likeness (QED) is 0.585. The van der Waals surface area contributed by atoms with Crippen molar-refractivity contribution in [2.45, 2.75) is 18.8 Å². The molecule has 1 aliphatic rings. The van der Waals surface area contributed by atoms with Crippen molar-refractivity contribution in [3.05, 3.63) is 69.8 Å². The zero-order valence-electron chi connectivity index (χ0n) is 17.3. The van der Waals surface area contributed by atoms with Crippen LogP contribution in [0.25, 0.3) is 10.9 Å². The molecule has 2 aromatic carbocycles. The molecule has 32 heavy (non-hydrogen) atoms. The number of carboxylic acid groups (broad SMARTS) is 1. The van der Waals surface area contributed by atoms with Gasteiger partial charge in [0.2, 0.25) is 5.43 Å². The SMILES string of the molecule is CCn1cc(C(=O)O)c(=O)c2cc(F)c(NN3C(=O)CS[C@@H]3c3ccc(OC)cc3)cc21. The number of aromatic nitrogens is 1. The van der Waals surface area contributed by atoms with Crippen LogP contribution in [0.1, 0.15) is 28.2 Å². The minimum Gasteiger partial charge on any atom is -0.497 e. The number of hydrogen-bond donors (Lipinski definition) is 2. The second-order valence-electron chi connectivity index (χ2n) is 7.12. The molecular weight excluding hydrogens is 437 g/mol. The number of anilines is 1. The van der Waals surface area contributed by atoms with Crippen LogP contribution in [0.5, 0.6) is 5.75 Å². The largest absolute Gasteiger partial charge is 0.497 e. The standard InChI is InChI=1S/C22H20FN3O5S/c1-3-25-10-15(22(29)30)20(28)14-8-16(23)17(9-18(14)25)24-26-19(27)11-32-21(26)12-4-6-13(31-2)7-5-12/h4-10,21,24H,3,11H2,1-2H3,(H,29,30)/t21-/m1/s1. The fraction of sp³-hybridized carbons (Fsp3) is 0.227. The smallest absolute Gasteiger partial charge is 0.341 e. The molecule has 2 N–H and O–H groups in total. The van der Waals surface area contributed by atoms with E-state index >= 15 is 0 Å². The van der Waals surface area contributed by atoms with Crippen molar-refractivity contribution in [3.8, 4) is 5.75 Å². The number of aromatic carboxylic acids is 1. The van der Waals surface area contributed by atoms with E-state index in [-0.39, 0.29) is 28.1 Å². The first-order valence-electron chi connectivity index (χ1n) is 9.78. The number of hydrogen-bond acceptors (Lipinski definition) is 6. The van der Waals surface area contributed by atoms with Crippen molar-refractivity contribution in [1.29, 1.82) is 0 Å². The number of fused-ring (bicyclic) bond motifs is 1. The van der Waals surface area contributed by atoms with Gasteiger partial charge in [-0.3, -0.25) is 15.0 Å². The van der Waals surface area contributed by atoms with Crippen molar-refractivity contribution in [2.24, 2.45) is 0 Å². The molecule has 0 saturated carbocycles. The van der Waals surface area contributed by atoms with E-state index in [1.54, 1.807) is 30.7 Å². The number of halogens is 1. The van der Waals surface area contributed by atoms with Crippen LogP contribution in [0.2, 0.25) is 0 Å². The summed E-state index contributed by atoms with van der Waals surface area (Å²) in [5, 5.41) is 10.2. The van der Waals surface area contributed by atoms with E-state index in [9.17, 15) is 23.9 Å². The Kier molecular flexibility index (Phi) is 5.79. The summed E-state index contributed by atoms with van der Waals surface area (Å²) in [4.78, 5) is 36.4. The first kappa shape index (κ1) is 21.7. The maximum Gasteiger partial charge on any atom is 0.341 e. The van der Waals surface area contributed by atoms with Crippen LogP contribution < -0.4 is 15.6 Å². The van der Waals surface area contributed by atoms with Crippen LogP contribution in [0.4, 0.5) is 10.1 Å². The number of carbonyl (C=O) groups excluding carboxylic acids is 1. The predicted molar refractivity (Wildman–Crippen MR) is 119 cm³/mol. The molecule has 0 spiro atoms. The van der Waals surface area contributed by atoms with Gasteiger partial charge in [0.25, 0.3) is 5.91 Å². The molecule has 166 valence electrons. The van der Waals surface area contributed by atoms with Gasteiger partial charge in [-0.25, -0.2) is 14.2 Å². The van der Waals surface area contributed by atoms with E-state index in [0.29, 0.717) is 17.8 Å². The van der Waals surface area contributed by atoms with Crippen molar-refractivity contribution in [2.75, 3.05) is 18.3 Å². The first-order valence-corrected chi connectivity index (χ1v) is 10.8. The number of aryl methyl sites for hydroxylation is 1. The van der Waals surface area contributed by atoms with Crippen molar-refractivity contribution < 1.29 is 23.8 Å². The van der Waals surface area contributed by atoms with Gasteiger partial charge in [0.15, 0.2) is 0 Å². The fourth-order valence-electron chi connectivity index (χ4n) is 3.60. The molecule has 8 nitrogen and oxygen atoms in total. The summed E-state index contributed by atoms with van der Waals surface area (Å²) in [6.45, 7) is 2.15. The van der Waals surface area contributed by atoms with E-state index in [1.807, 2.05) is 12.1 Å². The van der Waals surface area contributed by atoms with Gasteiger partial charge in [-0.2, -0.15) is 0 Å². The van der Waals surface area contributed by atoms with Gasteiger partial charge in [0, 0.05) is 18.1 Å². The molecule has 4 rings (SSSR count). The summed E-state index contributed by atoms with van der Waals surface area (Å²) in [5.41, 5.74) is 2.90. The predicted octanol–water partition coefficient (Wildman–Crippen LogP) is 3.47. The minimum atomic E-state index is -1.37. The number of thioether (sulfide) groups is 1. The molecule has 0 bridgehead atoms. The summed E-state index contributed by atoms with van der Waals surface area (Å²) in [5.74, 6) is -1.45. The summed E-state index contributed by atoms with van der Waals surface area (Å²) >= 11 is 1.40. The Morgan fingerprint density at radius 3 is 2.62 bits per heavy atom. The number of methoxy groups -OCH3 is 1. The van der Waals surface area contributed by atoms with E-state index in [1.165, 1.54) is 29.0 Å². The molecule has 0 aliphatic carbocycles. The molecule has 1 amide bonds. The third-order valence-corrected chi connectivity index (χ3v) is 6.46. The Hall–Kier alpha value is -3.53. The summed E-state index contributed by atoms with van der Waals surface area (Å²) in [6, 6.07) is 9.67. The maximum atomic E-state index is 15.0. The van der Waals surface area contributed by atoms with Crippen molar-refractivity contribution in [3.63, 3.8) is 0 Å². The van der Waals surface area contributed by atoms with Crippen molar-refractivity contribution >= 4 is 40.2 Å². The number of ether oxygens (including phenoxy) is 1. The Bertz CT molecular complexity index is 1280. The highest BCUT2D eigenvalue weighted by molar-refractivity contribution is 8.00. The number of rotatable bonds is 6. The Morgan fingerprint density at radius 2 is 2.00 bits per heavy atom. The first-order chi connectivity index (χ1) is 15.3. The average molecular weight is 457 g/mol. The maximum absolute atomic E-state index is 15.0. The minimum absolute atomic E-state index is 0.0107. The monoisotopic (exact) mass is 457 g/mol. The lowest BCUT2D eigenvalue weighted by molar-refractivity contribution is -0.126. The molecule has 2 heterocycles. The molecule has 0 unspecified atom stereocenters. The summed E-state index contributed by atoms with van der Waals surface area (Å²) in [7, 11) is 1.56. The molecule has 3 aromatic rings. The molecule has 1 saturated heterocycles. The van der Waals surface area contributed by atoms with Gasteiger partial charge >= 0.3 is 5.97 Å². The van der Waals surface area contributed by atoms with E-state index in [4.69, 9.17) is 4.74 Å². The Balaban J connectivity index is 1.74. The second kappa shape index (κ2) is 8.54. The van der Waals surface area contributed by atoms with Gasteiger partial charge in [-0.05, 0) is 36.8 Å². The van der Waals surface area contributed by atoms with Crippen LogP contribution >= 0.6 is 11.8 Å². The van der Waals surface area contributed by atoms with Gasteiger partial charge in [0.05, 0.1) is 24.1 Å². The molecule has 1 fully saturated rings. The van der Waals surface area contributed by atoms with E-state index in [0.717, 1.165) is 11.6 Å². The zero-order valence-corrected chi connectivity index (χ0v) is 18.1. The molecule has 1 aromatic heterocycles. The molecule has 10 heteroatoms. The highest BCUT2D eigenvalue weighted by atomic mass is 32.2. The number of carboxylic acids is 1. The molecule has 0 radical (unpaired) electrons. The van der Waals surface area contributed by atoms with Crippen LogP contribution in [-0.4, -0.2) is 39.4 Å². The van der Waals surface area contributed by atoms with Gasteiger partial charge < -0.3 is 14.4 Å². The topological polar surface area (TPSA) is 101 Å². The third-order valence-electron chi connectivity index (χ3n) is 5.25. The Labute approximate surface area is 186 Å². The number of pyridine rings is 1. The number of amides is 1. The third kappa shape index (κ3) is 3.77.